The number of nitrogens with one attached hydrogen (secondary N) is 1. The molecule has 0 heterocycles. The van der Waals surface area contributed by atoms with Crippen LogP contribution in [-0.2, 0) is 10.0 Å². The first-order chi connectivity index (χ1) is 9.92. The lowest BCUT2D eigenvalue weighted by Gasteiger charge is -2.36. The highest BCUT2D eigenvalue weighted by atomic mass is 35.5. The van der Waals surface area contributed by atoms with E-state index in [4.69, 9.17) is 16.9 Å². The average molecular weight is 329 g/mol. The van der Waals surface area contributed by atoms with Gasteiger partial charge in [-0.1, -0.05) is 30.9 Å². The number of rotatable bonds is 4. The largest absolute Gasteiger partial charge is 0.394 e. The Morgan fingerprint density at radius 3 is 2.57 bits per heavy atom. The van der Waals surface area contributed by atoms with E-state index in [9.17, 15) is 13.5 Å². The van der Waals surface area contributed by atoms with Gasteiger partial charge in [0, 0.05) is 0 Å². The molecule has 1 aliphatic rings. The molecule has 0 amide bonds. The molecule has 21 heavy (non-hydrogen) atoms. The highest BCUT2D eigenvalue weighted by molar-refractivity contribution is 7.89. The number of nitrogens with zero attached hydrogens (tertiary/aromatic N) is 1. The predicted molar refractivity (Wildman–Crippen MR) is 79.4 cm³/mol. The zero-order valence-corrected chi connectivity index (χ0v) is 13.0. The minimum atomic E-state index is -3.89. The predicted octanol–water partition coefficient (Wildman–Crippen LogP) is 2.19. The minimum absolute atomic E-state index is 0.0606. The van der Waals surface area contributed by atoms with Gasteiger partial charge in [-0.2, -0.15) is 5.26 Å². The van der Waals surface area contributed by atoms with Gasteiger partial charge in [-0.25, -0.2) is 13.1 Å². The summed E-state index contributed by atoms with van der Waals surface area (Å²) in [7, 11) is -3.89. The molecule has 0 bridgehead atoms. The molecule has 2 rings (SSSR count). The molecule has 1 saturated carbocycles. The summed E-state index contributed by atoms with van der Waals surface area (Å²) in [5, 5.41) is 18.6. The number of aliphatic hydroxyl groups is 1. The van der Waals surface area contributed by atoms with Crippen LogP contribution < -0.4 is 4.72 Å². The molecule has 1 fully saturated rings. The fourth-order valence-electron chi connectivity index (χ4n) is 2.64. The number of hydrogen-bond donors (Lipinski definition) is 2. The van der Waals surface area contributed by atoms with E-state index in [2.05, 4.69) is 4.72 Å². The van der Waals surface area contributed by atoms with Crippen molar-refractivity contribution < 1.29 is 13.5 Å². The summed E-state index contributed by atoms with van der Waals surface area (Å²) in [6.45, 7) is -0.248. The SMILES string of the molecule is N#Cc1ccc(Cl)c(S(=O)(=O)NC2(CO)CCCCC2)c1. The molecule has 0 saturated heterocycles. The Kier molecular flexibility index (Phi) is 4.89. The lowest BCUT2D eigenvalue weighted by Crippen LogP contribution is -2.52. The van der Waals surface area contributed by atoms with Gasteiger partial charge in [0.2, 0.25) is 10.0 Å². The zero-order valence-electron chi connectivity index (χ0n) is 11.5. The van der Waals surface area contributed by atoms with E-state index in [1.54, 1.807) is 0 Å². The Labute approximate surface area is 129 Å². The summed E-state index contributed by atoms with van der Waals surface area (Å²) in [6.07, 6.45) is 3.97. The second-order valence-corrected chi connectivity index (χ2v) is 7.42. The minimum Gasteiger partial charge on any atom is -0.394 e. The monoisotopic (exact) mass is 328 g/mol. The Balaban J connectivity index is 2.36. The van der Waals surface area contributed by atoms with Gasteiger partial charge in [0.25, 0.3) is 0 Å². The summed E-state index contributed by atoms with van der Waals surface area (Å²) in [4.78, 5) is -0.124. The van der Waals surface area contributed by atoms with Crippen molar-refractivity contribution in [3.63, 3.8) is 0 Å². The van der Waals surface area contributed by atoms with Crippen LogP contribution >= 0.6 is 11.6 Å². The van der Waals surface area contributed by atoms with E-state index in [0.717, 1.165) is 19.3 Å². The molecular weight excluding hydrogens is 312 g/mol. The highest BCUT2D eigenvalue weighted by Crippen LogP contribution is 2.31. The van der Waals surface area contributed by atoms with Crippen molar-refractivity contribution in [2.75, 3.05) is 6.61 Å². The van der Waals surface area contributed by atoms with Crippen LogP contribution in [0.3, 0.4) is 0 Å². The fourth-order valence-corrected chi connectivity index (χ4v) is 4.62. The van der Waals surface area contributed by atoms with E-state index in [0.29, 0.717) is 12.8 Å². The van der Waals surface area contributed by atoms with Crippen LogP contribution in [0.1, 0.15) is 37.7 Å². The Morgan fingerprint density at radius 1 is 1.33 bits per heavy atom. The van der Waals surface area contributed by atoms with Gasteiger partial charge in [-0.15, -0.1) is 0 Å². The van der Waals surface area contributed by atoms with Crippen molar-refractivity contribution in [2.45, 2.75) is 42.5 Å². The second-order valence-electron chi connectivity index (χ2n) is 5.36. The van der Waals surface area contributed by atoms with E-state index in [1.165, 1.54) is 18.2 Å². The quantitative estimate of drug-likeness (QED) is 0.886. The maximum Gasteiger partial charge on any atom is 0.242 e. The first kappa shape index (κ1) is 16.2. The molecule has 0 unspecified atom stereocenters. The number of sulfonamides is 1. The number of hydrogen-bond acceptors (Lipinski definition) is 4. The van der Waals surface area contributed by atoms with Crippen molar-refractivity contribution >= 4 is 21.6 Å². The maximum atomic E-state index is 12.5. The Morgan fingerprint density at radius 2 is 2.00 bits per heavy atom. The van der Waals surface area contributed by atoms with Gasteiger partial charge < -0.3 is 5.11 Å². The van der Waals surface area contributed by atoms with Crippen LogP contribution in [0.25, 0.3) is 0 Å². The Bertz CT molecular complexity index is 661. The van der Waals surface area contributed by atoms with Crippen molar-refractivity contribution in [3.05, 3.63) is 28.8 Å². The highest BCUT2D eigenvalue weighted by Gasteiger charge is 2.36. The lowest BCUT2D eigenvalue weighted by atomic mass is 9.83. The molecule has 0 spiro atoms. The van der Waals surface area contributed by atoms with Crippen LogP contribution in [0.4, 0.5) is 0 Å². The van der Waals surface area contributed by atoms with Gasteiger partial charge in [0.1, 0.15) is 4.90 Å². The zero-order chi connectivity index (χ0) is 15.5. The van der Waals surface area contributed by atoms with Crippen molar-refractivity contribution in [1.82, 2.24) is 4.72 Å². The van der Waals surface area contributed by atoms with Crippen LogP contribution in [0.2, 0.25) is 5.02 Å². The van der Waals surface area contributed by atoms with Crippen molar-refractivity contribution in [3.8, 4) is 6.07 Å². The maximum absolute atomic E-state index is 12.5. The molecule has 1 aromatic carbocycles. The van der Waals surface area contributed by atoms with Crippen LogP contribution in [0.5, 0.6) is 0 Å². The average Bonchev–Trinajstić information content (AvgIpc) is 2.48. The molecule has 7 heteroatoms. The van der Waals surface area contributed by atoms with Gasteiger partial charge in [0.05, 0.1) is 28.8 Å². The van der Waals surface area contributed by atoms with Crippen LogP contribution in [-0.4, -0.2) is 25.7 Å². The molecule has 0 aliphatic heterocycles. The van der Waals surface area contributed by atoms with E-state index in [-0.39, 0.29) is 22.1 Å². The van der Waals surface area contributed by atoms with Crippen molar-refractivity contribution in [1.29, 1.82) is 5.26 Å². The fraction of sp³-hybridized carbons (Fsp3) is 0.500. The normalized spacial score (nSPS) is 18.1. The third-order valence-electron chi connectivity index (χ3n) is 3.81. The van der Waals surface area contributed by atoms with Crippen LogP contribution in [0, 0.1) is 11.3 Å². The standard InChI is InChI=1S/C14H17ClN2O3S/c15-12-5-4-11(9-16)8-13(12)21(19,20)17-14(10-18)6-2-1-3-7-14/h4-5,8,17-18H,1-3,6-7,10H2. The van der Waals surface area contributed by atoms with Gasteiger partial charge in [0.15, 0.2) is 0 Å². The topological polar surface area (TPSA) is 90.2 Å². The molecule has 5 nitrogen and oxygen atoms in total. The Hall–Kier alpha value is -1.13. The molecule has 114 valence electrons. The van der Waals surface area contributed by atoms with Gasteiger partial charge in [-0.3, -0.25) is 0 Å². The number of nitriles is 1. The van der Waals surface area contributed by atoms with E-state index < -0.39 is 15.6 Å². The van der Waals surface area contributed by atoms with Gasteiger partial charge >= 0.3 is 0 Å². The molecule has 1 aromatic rings. The summed E-state index contributed by atoms with van der Waals surface area (Å²) >= 11 is 5.95. The molecule has 0 radical (unpaired) electrons. The summed E-state index contributed by atoms with van der Waals surface area (Å²) in [5.41, 5.74) is -0.607. The summed E-state index contributed by atoms with van der Waals surface area (Å²) in [5.74, 6) is 0. The molecule has 2 N–H and O–H groups in total. The third-order valence-corrected chi connectivity index (χ3v) is 5.87. The molecule has 1 aliphatic carbocycles. The lowest BCUT2D eigenvalue weighted by molar-refractivity contribution is 0.142. The van der Waals surface area contributed by atoms with Crippen LogP contribution in [0.15, 0.2) is 23.1 Å². The smallest absolute Gasteiger partial charge is 0.242 e. The summed E-state index contributed by atoms with van der Waals surface area (Å²) in [6, 6.07) is 5.99. The second kappa shape index (κ2) is 6.32. The first-order valence-corrected chi connectivity index (χ1v) is 8.63. The molecule has 0 atom stereocenters. The van der Waals surface area contributed by atoms with E-state index in [1.807, 2.05) is 6.07 Å². The van der Waals surface area contributed by atoms with Gasteiger partial charge in [-0.05, 0) is 31.0 Å². The number of aliphatic hydroxyl groups excluding tert-OH is 1. The first-order valence-electron chi connectivity index (χ1n) is 6.77. The molecular formula is C14H17ClN2O3S. The van der Waals surface area contributed by atoms with Crippen molar-refractivity contribution in [2.24, 2.45) is 0 Å². The third kappa shape index (κ3) is 3.55. The number of benzene rings is 1. The number of halogens is 1. The molecule has 0 aromatic heterocycles. The summed E-state index contributed by atoms with van der Waals surface area (Å²) < 4.78 is 27.7. The van der Waals surface area contributed by atoms with E-state index >= 15 is 0 Å².